The number of likely N-dealkylation sites (tertiary alicyclic amines) is 1. The van der Waals surface area contributed by atoms with Gasteiger partial charge < -0.3 is 20.4 Å². The molecular weight excluding hydrogens is 307 g/mol. The first-order valence-corrected chi connectivity index (χ1v) is 8.55. The van der Waals surface area contributed by atoms with Crippen molar-refractivity contribution in [3.05, 3.63) is 30.0 Å². The van der Waals surface area contributed by atoms with Crippen LogP contribution in [0.25, 0.3) is 10.9 Å². The molecule has 120 valence electrons. The molecule has 8 heteroatoms. The molecule has 0 bridgehead atoms. The Balaban J connectivity index is 1.83. The summed E-state index contributed by atoms with van der Waals surface area (Å²) in [5.74, 6) is 0.806. The van der Waals surface area contributed by atoms with E-state index in [1.807, 2.05) is 44.9 Å². The summed E-state index contributed by atoms with van der Waals surface area (Å²) < 4.78 is 5.85. The van der Waals surface area contributed by atoms with Crippen LogP contribution in [0, 0.1) is 0 Å². The first-order chi connectivity index (χ1) is 10.8. The van der Waals surface area contributed by atoms with Gasteiger partial charge in [-0.15, -0.1) is 9.24 Å². The number of carbonyl (C=O) groups excluding carboxylic acids is 1. The molecule has 1 aliphatic rings. The Hall–Kier alpha value is -1.45. The van der Waals surface area contributed by atoms with Crippen molar-refractivity contribution in [3.63, 3.8) is 0 Å². The lowest BCUT2D eigenvalue weighted by Crippen LogP contribution is -2.45. The second-order valence-corrected chi connectivity index (χ2v) is 8.18. The Morgan fingerprint density at radius 3 is 2.91 bits per heavy atom. The molecule has 1 aliphatic heterocycles. The summed E-state index contributed by atoms with van der Waals surface area (Å²) in [5, 5.41) is 0.647. The van der Waals surface area contributed by atoms with Crippen molar-refractivity contribution >= 4 is 41.7 Å². The van der Waals surface area contributed by atoms with E-state index >= 15 is 0 Å². The predicted molar refractivity (Wildman–Crippen MR) is 102 cm³/mol. The van der Waals surface area contributed by atoms with Crippen molar-refractivity contribution in [1.82, 2.24) is 9.88 Å². The van der Waals surface area contributed by atoms with Gasteiger partial charge in [0.25, 0.3) is 5.91 Å². The maximum absolute atomic E-state index is 12.6. The highest BCUT2D eigenvalue weighted by Crippen LogP contribution is 2.25. The number of hydrogen-bond acceptors (Lipinski definition) is 3. The van der Waals surface area contributed by atoms with Crippen LogP contribution in [0.2, 0.25) is 0 Å². The fraction of sp³-hybridized carbons (Fsp3) is 0.400. The van der Waals surface area contributed by atoms with Crippen molar-refractivity contribution in [1.29, 1.82) is 0 Å². The average Bonchev–Trinajstić information content (AvgIpc) is 2.88. The molecule has 2 atom stereocenters. The second-order valence-electron chi connectivity index (χ2n) is 6.79. The molecular formula is C15H22B2N3O2P. The summed E-state index contributed by atoms with van der Waals surface area (Å²) in [6.45, 7) is 1.40. The van der Waals surface area contributed by atoms with Crippen LogP contribution in [0.15, 0.2) is 24.3 Å². The van der Waals surface area contributed by atoms with E-state index in [-0.39, 0.29) is 17.1 Å². The molecule has 0 aliphatic carbocycles. The number of ether oxygens (including phenoxy) is 1. The molecule has 1 amide bonds. The fourth-order valence-electron chi connectivity index (χ4n) is 2.96. The summed E-state index contributed by atoms with van der Waals surface area (Å²) in [6.07, 6.45) is 1.95. The molecule has 1 unspecified atom stereocenters. The van der Waals surface area contributed by atoms with Gasteiger partial charge in [-0.25, -0.2) is 0 Å². The number of hydrogen-bond donors (Lipinski definition) is 2. The number of benzene rings is 1. The van der Waals surface area contributed by atoms with Crippen LogP contribution in [0.1, 0.15) is 23.3 Å². The van der Waals surface area contributed by atoms with E-state index < -0.39 is 0 Å². The van der Waals surface area contributed by atoms with E-state index in [1.54, 1.807) is 0 Å². The van der Waals surface area contributed by atoms with E-state index in [2.05, 4.69) is 14.2 Å². The molecule has 0 saturated carbocycles. The van der Waals surface area contributed by atoms with Crippen LogP contribution in [-0.2, 0) is 0 Å². The van der Waals surface area contributed by atoms with Gasteiger partial charge in [0.05, 0.1) is 5.14 Å². The van der Waals surface area contributed by atoms with E-state index in [4.69, 9.17) is 10.5 Å². The topological polar surface area (TPSA) is 71.4 Å². The van der Waals surface area contributed by atoms with Crippen molar-refractivity contribution < 1.29 is 9.53 Å². The number of nitrogens with one attached hydrogen (secondary N) is 1. The number of amides is 1. The predicted octanol–water partition coefficient (Wildman–Crippen LogP) is -0.137. The van der Waals surface area contributed by atoms with Crippen molar-refractivity contribution in [3.8, 4) is 5.75 Å². The first-order valence-electron chi connectivity index (χ1n) is 7.97. The third-order valence-corrected chi connectivity index (χ3v) is 4.07. The maximum atomic E-state index is 12.6. The van der Waals surface area contributed by atoms with Crippen molar-refractivity contribution in [2.24, 2.45) is 5.73 Å². The van der Waals surface area contributed by atoms with E-state index in [0.29, 0.717) is 12.2 Å². The third-order valence-electron chi connectivity index (χ3n) is 3.95. The fourth-order valence-corrected chi connectivity index (χ4v) is 3.09. The van der Waals surface area contributed by atoms with Crippen LogP contribution in [0.5, 0.6) is 5.75 Å². The van der Waals surface area contributed by atoms with Gasteiger partial charge in [-0.3, -0.25) is 4.79 Å². The summed E-state index contributed by atoms with van der Waals surface area (Å²) in [5.41, 5.74) is 7.51. The molecule has 2 heterocycles. The Kier molecular flexibility index (Phi) is 4.43. The monoisotopic (exact) mass is 329 g/mol. The molecule has 3 rings (SSSR count). The highest BCUT2D eigenvalue weighted by molar-refractivity contribution is 7.25. The second kappa shape index (κ2) is 6.21. The van der Waals surface area contributed by atoms with Crippen molar-refractivity contribution in [2.75, 3.05) is 13.1 Å². The zero-order chi connectivity index (χ0) is 16.6. The van der Waals surface area contributed by atoms with E-state index in [1.165, 1.54) is 0 Å². The number of nitrogens with two attached hydrogens (primary N) is 1. The zero-order valence-corrected chi connectivity index (χ0v) is 14.8. The highest BCUT2D eigenvalue weighted by Gasteiger charge is 2.23. The molecule has 3 N–H and O–H groups in total. The molecule has 1 saturated heterocycles. The number of piperidine rings is 1. The van der Waals surface area contributed by atoms with Gasteiger partial charge >= 0.3 is 0 Å². The minimum absolute atomic E-state index is 0.0187. The number of nitrogens with zero attached hydrogens (tertiary/aromatic N) is 1. The van der Waals surface area contributed by atoms with Gasteiger partial charge in [-0.1, -0.05) is 0 Å². The zero-order valence-electron chi connectivity index (χ0n) is 13.6. The Bertz CT molecular complexity index is 729. The Morgan fingerprint density at radius 2 is 2.22 bits per heavy atom. The average molecular weight is 329 g/mol. The van der Waals surface area contributed by atoms with Crippen molar-refractivity contribution in [2.45, 2.75) is 24.0 Å². The van der Waals surface area contributed by atoms with Gasteiger partial charge in [0.2, 0.25) is 0 Å². The lowest BCUT2D eigenvalue weighted by atomic mass is 9.80. The molecule has 0 spiro atoms. The standard InChI is InChI=1S/C15H22B2N3O2P/c16-15(17,23)22-11-3-4-12-9(6-11)7-13(19-12)14(21)20-5-1-2-10(18)8-20/h3-4,6-7,10,19H,1-2,5,8,16-18,23H2/t10-/m1/s1. The smallest absolute Gasteiger partial charge is 0.270 e. The summed E-state index contributed by atoms with van der Waals surface area (Å²) in [4.78, 5) is 17.7. The number of aromatic nitrogens is 1. The molecule has 2 aromatic rings. The Morgan fingerprint density at radius 1 is 1.43 bits per heavy atom. The van der Waals surface area contributed by atoms with Gasteiger partial charge in [0, 0.05) is 30.0 Å². The van der Waals surface area contributed by atoms with Gasteiger partial charge in [0.15, 0.2) is 15.7 Å². The van der Waals surface area contributed by atoms with Gasteiger partial charge in [0.1, 0.15) is 11.4 Å². The van der Waals surface area contributed by atoms with Crippen LogP contribution in [0.3, 0.4) is 0 Å². The number of rotatable bonds is 3. The van der Waals surface area contributed by atoms with E-state index in [0.717, 1.165) is 36.0 Å². The summed E-state index contributed by atoms with van der Waals surface area (Å²) in [7, 11) is 6.62. The van der Waals surface area contributed by atoms with Crippen LogP contribution in [0.4, 0.5) is 0 Å². The minimum atomic E-state index is -0.327. The molecule has 5 nitrogen and oxygen atoms in total. The SMILES string of the molecule is BC(B)(P)Oc1ccc2[nH]c(C(=O)N3CCC[C@@H](N)C3)cc2c1. The lowest BCUT2D eigenvalue weighted by Gasteiger charge is -2.30. The highest BCUT2D eigenvalue weighted by atomic mass is 31.0. The quantitative estimate of drug-likeness (QED) is 0.608. The molecule has 0 radical (unpaired) electrons. The molecule has 23 heavy (non-hydrogen) atoms. The molecule has 1 aromatic carbocycles. The first kappa shape index (κ1) is 16.4. The Labute approximate surface area is 140 Å². The number of H-pyrrole nitrogens is 1. The minimum Gasteiger partial charge on any atom is -0.502 e. The largest absolute Gasteiger partial charge is 0.502 e. The lowest BCUT2D eigenvalue weighted by molar-refractivity contribution is 0.0704. The number of fused-ring (bicyclic) bond motifs is 1. The number of carbonyl (C=O) groups is 1. The molecule has 1 fully saturated rings. The normalized spacial score (nSPS) is 19.0. The molecule has 1 aromatic heterocycles. The summed E-state index contributed by atoms with van der Waals surface area (Å²) in [6, 6.07) is 7.79. The van der Waals surface area contributed by atoms with Gasteiger partial charge in [-0.2, -0.15) is 0 Å². The van der Waals surface area contributed by atoms with Gasteiger partial charge in [-0.05, 0) is 37.1 Å². The summed E-state index contributed by atoms with van der Waals surface area (Å²) >= 11 is 0. The maximum Gasteiger partial charge on any atom is 0.270 e. The third kappa shape index (κ3) is 3.91. The van der Waals surface area contributed by atoms with Crippen LogP contribution >= 0.6 is 9.24 Å². The van der Waals surface area contributed by atoms with Crippen LogP contribution in [-0.4, -0.2) is 55.8 Å². The number of aromatic amines is 1. The van der Waals surface area contributed by atoms with E-state index in [9.17, 15) is 4.79 Å². The van der Waals surface area contributed by atoms with Crippen LogP contribution < -0.4 is 10.5 Å².